The van der Waals surface area contributed by atoms with Crippen molar-refractivity contribution in [2.45, 2.75) is 76.8 Å². The summed E-state index contributed by atoms with van der Waals surface area (Å²) in [6.45, 7) is 38.0. The highest BCUT2D eigenvalue weighted by atomic mass is 32.1. The van der Waals surface area contributed by atoms with Crippen LogP contribution in [0, 0.1) is 18.7 Å². The zero-order valence-electron chi connectivity index (χ0n) is 46.0. The molecule has 1 atom stereocenters. The number of pyridine rings is 1. The molecule has 0 amide bonds. The van der Waals surface area contributed by atoms with Crippen LogP contribution in [-0.4, -0.2) is 89.7 Å². The zero-order chi connectivity index (χ0) is 55.5. The number of fused-ring (bicyclic) bond motifs is 3. The number of benzene rings is 4. The van der Waals surface area contributed by atoms with Gasteiger partial charge in [0.15, 0.2) is 5.13 Å². The number of hydrogen-bond acceptors (Lipinski definition) is 9. The van der Waals surface area contributed by atoms with Gasteiger partial charge in [0.05, 0.1) is 27.6 Å². The van der Waals surface area contributed by atoms with Crippen LogP contribution in [-0.2, 0) is 19.4 Å². The van der Waals surface area contributed by atoms with Crippen LogP contribution in [0.2, 0.25) is 0 Å². The second-order valence-corrected chi connectivity index (χ2v) is 22.6. The number of thiazole rings is 1. The average molecular weight is 1080 g/mol. The van der Waals surface area contributed by atoms with Gasteiger partial charge in [-0.2, -0.15) is 0 Å². The predicted octanol–water partition coefficient (Wildman–Crippen LogP) is 13.1. The first-order valence-corrected chi connectivity index (χ1v) is 28.6. The summed E-state index contributed by atoms with van der Waals surface area (Å²) in [4.78, 5) is 18.9. The molecule has 410 valence electrons. The SMILES string of the molecule is C=CCCC(C(=C)NC)n1c(=C)c2cc(F)c(N3CCN(C(=C)CN4CCC(C(F)(F)CCCc5cccc(-c6ccc(N7CCc8cccc(C(=C)Nc9nc%10ccccc%10s9)c8C7)nc6C=C)c5C)CC4)CC3)cc2c1=C. The topological polar surface area (TPSA) is 67.7 Å². The fraction of sp³-hybridized carbons (Fsp3) is 0.333. The van der Waals surface area contributed by atoms with E-state index in [-0.39, 0.29) is 18.3 Å². The number of nitrogens with zero attached hydrogens (tertiary/aromatic N) is 7. The number of likely N-dealkylation sites (tertiary alicyclic amines) is 1. The summed E-state index contributed by atoms with van der Waals surface area (Å²) in [6.07, 6.45) is 7.86. The summed E-state index contributed by atoms with van der Waals surface area (Å²) in [5.74, 6) is -2.82. The van der Waals surface area contributed by atoms with Gasteiger partial charge in [0.25, 0.3) is 5.92 Å². The first-order chi connectivity index (χ1) is 38.2. The lowest BCUT2D eigenvalue weighted by atomic mass is 9.86. The van der Waals surface area contributed by atoms with Crippen LogP contribution in [0.5, 0.6) is 0 Å². The van der Waals surface area contributed by atoms with Gasteiger partial charge in [0.2, 0.25) is 0 Å². The number of aromatic nitrogens is 3. The number of nitrogens with one attached hydrogen (secondary N) is 2. The summed E-state index contributed by atoms with van der Waals surface area (Å²) in [5, 5.41) is 10.6. The number of anilines is 3. The molecular weight excluding hydrogens is 1010 g/mol. The summed E-state index contributed by atoms with van der Waals surface area (Å²) in [5.41, 5.74) is 12.7. The number of piperidine rings is 1. The Morgan fingerprint density at radius 3 is 2.33 bits per heavy atom. The van der Waals surface area contributed by atoms with Gasteiger partial charge in [-0.05, 0) is 135 Å². The predicted molar refractivity (Wildman–Crippen MR) is 327 cm³/mol. The fourth-order valence-corrected chi connectivity index (χ4v) is 13.2. The Morgan fingerprint density at radius 1 is 0.848 bits per heavy atom. The molecule has 10 rings (SSSR count). The van der Waals surface area contributed by atoms with Crippen molar-refractivity contribution in [2.75, 3.05) is 74.5 Å². The van der Waals surface area contributed by atoms with Crippen LogP contribution in [0.1, 0.15) is 78.1 Å². The maximum absolute atomic E-state index is 16.0. The van der Waals surface area contributed by atoms with E-state index >= 15 is 13.2 Å². The number of allylic oxidation sites excluding steroid dienone is 2. The number of piperazine rings is 1. The Labute approximate surface area is 468 Å². The van der Waals surface area contributed by atoms with Crippen molar-refractivity contribution in [3.8, 4) is 11.1 Å². The number of hydrogen-bond donors (Lipinski definition) is 2. The Balaban J connectivity index is 0.704. The second-order valence-electron chi connectivity index (χ2n) is 21.6. The molecule has 0 radical (unpaired) electrons. The minimum Gasteiger partial charge on any atom is -0.390 e. The number of rotatable bonds is 21. The van der Waals surface area contributed by atoms with Crippen LogP contribution in [0.3, 0.4) is 0 Å². The molecule has 3 aliphatic rings. The smallest absolute Gasteiger partial charge is 0.251 e. The van der Waals surface area contributed by atoms with Crippen LogP contribution >= 0.6 is 11.3 Å². The third-order valence-corrected chi connectivity index (χ3v) is 17.8. The molecule has 13 heteroatoms. The number of halogens is 3. The molecule has 6 heterocycles. The summed E-state index contributed by atoms with van der Waals surface area (Å²) >= 11 is 1.62. The number of likely N-dealkylation sites (N-methyl/N-ethyl adjacent to an activating group) is 1. The third-order valence-electron chi connectivity index (χ3n) is 16.9. The van der Waals surface area contributed by atoms with Crippen molar-refractivity contribution >= 4 is 73.9 Å². The van der Waals surface area contributed by atoms with Crippen LogP contribution in [0.15, 0.2) is 135 Å². The molecule has 3 aliphatic heterocycles. The van der Waals surface area contributed by atoms with E-state index in [0.29, 0.717) is 89.1 Å². The highest BCUT2D eigenvalue weighted by Gasteiger charge is 2.40. The molecule has 3 aromatic heterocycles. The normalized spacial score (nSPS) is 15.8. The van der Waals surface area contributed by atoms with Gasteiger partial charge in [0, 0.05) is 115 Å². The zero-order valence-corrected chi connectivity index (χ0v) is 46.9. The van der Waals surface area contributed by atoms with Gasteiger partial charge in [0.1, 0.15) is 11.6 Å². The molecule has 4 aromatic carbocycles. The quantitative estimate of drug-likeness (QED) is 0.0690. The second kappa shape index (κ2) is 23.5. The third kappa shape index (κ3) is 11.4. The molecule has 0 spiro atoms. The molecule has 0 aliphatic carbocycles. The molecular formula is C66H74F3N9S. The molecule has 2 fully saturated rings. The number of para-hydroxylation sites is 1. The number of alkyl halides is 2. The van der Waals surface area contributed by atoms with Crippen molar-refractivity contribution in [3.05, 3.63) is 185 Å². The van der Waals surface area contributed by atoms with Gasteiger partial charge in [-0.25, -0.2) is 23.1 Å². The van der Waals surface area contributed by atoms with Crippen LogP contribution in [0.4, 0.5) is 29.8 Å². The molecule has 1 unspecified atom stereocenters. The molecule has 2 saturated heterocycles. The van der Waals surface area contributed by atoms with Crippen LogP contribution < -0.4 is 31.1 Å². The van der Waals surface area contributed by atoms with E-state index in [1.807, 2.05) is 49.5 Å². The first-order valence-electron chi connectivity index (χ1n) is 27.8. The van der Waals surface area contributed by atoms with Gasteiger partial charge < -0.3 is 29.9 Å². The van der Waals surface area contributed by atoms with Crippen molar-refractivity contribution < 1.29 is 13.2 Å². The maximum atomic E-state index is 16.0. The number of aryl methyl sites for hydroxylation is 1. The highest BCUT2D eigenvalue weighted by molar-refractivity contribution is 7.22. The van der Waals surface area contributed by atoms with Crippen LogP contribution in [0.25, 0.3) is 57.0 Å². The van der Waals surface area contributed by atoms with E-state index in [2.05, 4.69) is 136 Å². The Bertz CT molecular complexity index is 3530. The molecule has 7 aromatic rings. The van der Waals surface area contributed by atoms with Crippen molar-refractivity contribution in [3.63, 3.8) is 0 Å². The summed E-state index contributed by atoms with van der Waals surface area (Å²) < 4.78 is 51.2. The summed E-state index contributed by atoms with van der Waals surface area (Å²) in [7, 11) is 1.85. The molecule has 0 bridgehead atoms. The molecule has 2 N–H and O–H groups in total. The van der Waals surface area contributed by atoms with Crippen molar-refractivity contribution in [2.24, 2.45) is 5.92 Å². The lowest BCUT2D eigenvalue weighted by Crippen LogP contribution is -2.48. The Kier molecular flexibility index (Phi) is 16.4. The van der Waals surface area contributed by atoms with Gasteiger partial charge >= 0.3 is 0 Å². The first kappa shape index (κ1) is 55.0. The minimum atomic E-state index is -2.75. The van der Waals surface area contributed by atoms with Gasteiger partial charge in [-0.1, -0.05) is 105 Å². The molecule has 0 saturated carbocycles. The van der Waals surface area contributed by atoms with E-state index in [4.69, 9.17) is 9.97 Å². The average Bonchev–Trinajstić information content (AvgIpc) is 4.23. The largest absolute Gasteiger partial charge is 0.390 e. The van der Waals surface area contributed by atoms with Crippen molar-refractivity contribution in [1.82, 2.24) is 29.7 Å². The van der Waals surface area contributed by atoms with E-state index in [0.717, 1.165) is 114 Å². The lowest BCUT2D eigenvalue weighted by molar-refractivity contribution is -0.0854. The molecule has 79 heavy (non-hydrogen) atoms. The Morgan fingerprint density at radius 2 is 1.59 bits per heavy atom. The highest BCUT2D eigenvalue weighted by Crippen LogP contribution is 2.39. The van der Waals surface area contributed by atoms with E-state index < -0.39 is 11.8 Å². The van der Waals surface area contributed by atoms with Gasteiger partial charge in [-0.15, -0.1) is 6.58 Å². The monoisotopic (exact) mass is 1080 g/mol. The summed E-state index contributed by atoms with van der Waals surface area (Å²) in [6, 6.07) is 28.4. The van der Waals surface area contributed by atoms with E-state index in [1.54, 1.807) is 17.4 Å². The fourth-order valence-electron chi connectivity index (χ4n) is 12.3. The standard InChI is InChI=1S/C66H74F3N9S/c1-10-12-24-61(46(6)70-9)78-47(7)55-39-58(67)62(40-56(55)48(78)8)76-37-35-75(36-38-76)43(3)41-74-32-29-51(30-33-74)66(68,69)31-17-20-49-18-15-21-52(44(49)4)54-26-27-64(72-59(54)11-2)77-34-28-50-19-16-22-53(57(50)42-77)45(5)71-65-73-60-23-13-14-25-63(60)79-65/h10-11,13-16,18-19,21-23,25-27,39-40,51,61,70H,1-3,5-8,12,17,20,24,28-38,41-42H2,4,9H3,(H,71,73). The lowest BCUT2D eigenvalue weighted by Gasteiger charge is -2.41. The van der Waals surface area contributed by atoms with Gasteiger partial charge in [-0.3, -0.25) is 4.90 Å². The Hall–Kier alpha value is -7.35. The molecule has 9 nitrogen and oxygen atoms in total. The minimum absolute atomic E-state index is 0.0964. The maximum Gasteiger partial charge on any atom is 0.251 e. The van der Waals surface area contributed by atoms with E-state index in [1.165, 1.54) is 11.1 Å². The van der Waals surface area contributed by atoms with E-state index in [9.17, 15) is 0 Å². The van der Waals surface area contributed by atoms with Crippen molar-refractivity contribution in [1.29, 1.82) is 0 Å².